The number of aromatic nitrogens is 5. The average molecular weight is 374 g/mol. The number of halogens is 5. The third kappa shape index (κ3) is 3.85. The minimum atomic E-state index is -4.81. The van der Waals surface area contributed by atoms with E-state index < -0.39 is 17.6 Å². The maximum atomic E-state index is 14.1. The van der Waals surface area contributed by atoms with Crippen molar-refractivity contribution in [3.05, 3.63) is 58.9 Å². The molecule has 0 atom stereocenters. The van der Waals surface area contributed by atoms with Crippen LogP contribution in [0.2, 0.25) is 5.02 Å². The fourth-order valence-corrected chi connectivity index (χ4v) is 2.01. The lowest BCUT2D eigenvalue weighted by molar-refractivity contribution is -0.140. The van der Waals surface area contributed by atoms with Crippen molar-refractivity contribution in [3.8, 4) is 11.7 Å². The van der Waals surface area contributed by atoms with Crippen LogP contribution in [0.15, 0.2) is 36.8 Å². The molecule has 1 aromatic carbocycles. The highest BCUT2D eigenvalue weighted by Gasteiger charge is 2.35. The molecule has 0 aliphatic rings. The Kier molecular flexibility index (Phi) is 4.53. The van der Waals surface area contributed by atoms with Gasteiger partial charge in [-0.25, -0.2) is 19.0 Å². The maximum Gasteiger partial charge on any atom is 0.419 e. The predicted octanol–water partition coefficient (Wildman–Crippen LogP) is 3.45. The van der Waals surface area contributed by atoms with Crippen LogP contribution in [-0.2, 0) is 12.8 Å². The third-order valence-corrected chi connectivity index (χ3v) is 3.21. The predicted molar refractivity (Wildman–Crippen MR) is 77.7 cm³/mol. The summed E-state index contributed by atoms with van der Waals surface area (Å²) in [5.74, 6) is -1.44. The van der Waals surface area contributed by atoms with Crippen molar-refractivity contribution in [2.75, 3.05) is 0 Å². The highest BCUT2D eigenvalue weighted by molar-refractivity contribution is 6.30. The van der Waals surface area contributed by atoms with Gasteiger partial charge in [0.1, 0.15) is 18.0 Å². The van der Waals surface area contributed by atoms with Crippen LogP contribution in [0, 0.1) is 5.82 Å². The van der Waals surface area contributed by atoms with Crippen molar-refractivity contribution in [1.29, 1.82) is 0 Å². The molecule has 3 aromatic rings. The van der Waals surface area contributed by atoms with Gasteiger partial charge in [-0.3, -0.25) is 0 Å². The number of hydrogen-bond acceptors (Lipinski definition) is 5. The molecule has 3 rings (SSSR count). The van der Waals surface area contributed by atoms with Gasteiger partial charge >= 0.3 is 12.2 Å². The van der Waals surface area contributed by atoms with E-state index in [0.29, 0.717) is 11.1 Å². The van der Waals surface area contributed by atoms with E-state index in [-0.39, 0.29) is 24.0 Å². The minimum absolute atomic E-state index is 0.0317. The lowest BCUT2D eigenvalue weighted by Crippen LogP contribution is -2.11. The molecule has 0 saturated carbocycles. The largest absolute Gasteiger partial charge is 0.457 e. The molecule has 130 valence electrons. The van der Waals surface area contributed by atoms with E-state index in [1.807, 2.05) is 0 Å². The Morgan fingerprint density at radius 1 is 1.16 bits per heavy atom. The zero-order valence-corrected chi connectivity index (χ0v) is 13.0. The summed E-state index contributed by atoms with van der Waals surface area (Å²) in [4.78, 5) is 7.61. The van der Waals surface area contributed by atoms with E-state index in [2.05, 4.69) is 20.3 Å². The molecule has 0 radical (unpaired) electrons. The summed E-state index contributed by atoms with van der Waals surface area (Å²) in [7, 11) is 0. The summed E-state index contributed by atoms with van der Waals surface area (Å²) < 4.78 is 58.5. The summed E-state index contributed by atoms with van der Waals surface area (Å²) in [6.45, 7) is -0.109. The molecule has 0 aliphatic carbocycles. The van der Waals surface area contributed by atoms with Gasteiger partial charge in [-0.2, -0.15) is 13.2 Å². The second-order valence-electron chi connectivity index (χ2n) is 4.76. The number of nitrogens with zero attached hydrogens (tertiary/aromatic N) is 5. The van der Waals surface area contributed by atoms with Crippen LogP contribution < -0.4 is 4.74 Å². The van der Waals surface area contributed by atoms with Crippen LogP contribution in [0.1, 0.15) is 11.3 Å². The molecule has 2 heterocycles. The summed E-state index contributed by atoms with van der Waals surface area (Å²) in [5.41, 5.74) is -1.51. The van der Waals surface area contributed by atoms with Gasteiger partial charge in [-0.1, -0.05) is 22.9 Å². The molecule has 0 N–H and O–H groups in total. The Morgan fingerprint density at radius 3 is 2.56 bits per heavy atom. The van der Waals surface area contributed by atoms with E-state index in [9.17, 15) is 17.6 Å². The Bertz CT molecular complexity index is 882. The first-order valence-corrected chi connectivity index (χ1v) is 7.10. The van der Waals surface area contributed by atoms with E-state index in [4.69, 9.17) is 16.3 Å². The molecule has 0 aliphatic heterocycles. The molecule has 0 fully saturated rings. The zero-order chi connectivity index (χ0) is 18.0. The van der Waals surface area contributed by atoms with Gasteiger partial charge in [0.15, 0.2) is 5.82 Å². The number of rotatable bonds is 4. The maximum absolute atomic E-state index is 14.1. The Labute approximate surface area is 143 Å². The fraction of sp³-hybridized carbons (Fsp3) is 0.143. The van der Waals surface area contributed by atoms with E-state index in [1.54, 1.807) is 0 Å². The Hall–Kier alpha value is -2.75. The molecule has 0 amide bonds. The van der Waals surface area contributed by atoms with E-state index in [0.717, 1.165) is 16.8 Å². The second kappa shape index (κ2) is 6.63. The van der Waals surface area contributed by atoms with Crippen LogP contribution in [-0.4, -0.2) is 25.0 Å². The standard InChI is InChI=1S/C14H8ClF4N5O/c15-8-4-20-13(21-5-8)25-7-9-6-24(23-22-9)11-3-1-2-10(12(11)16)14(17,18)19/h1-6H,7H2. The molecule has 0 saturated heterocycles. The molecule has 0 bridgehead atoms. The van der Waals surface area contributed by atoms with Crippen molar-refractivity contribution in [2.24, 2.45) is 0 Å². The van der Waals surface area contributed by atoms with Crippen LogP contribution in [0.3, 0.4) is 0 Å². The van der Waals surface area contributed by atoms with Gasteiger partial charge in [0.2, 0.25) is 0 Å². The SMILES string of the molecule is Fc1c(-n2cc(COc3ncc(Cl)cn3)nn2)cccc1C(F)(F)F. The van der Waals surface area contributed by atoms with Gasteiger partial charge in [0.25, 0.3) is 0 Å². The van der Waals surface area contributed by atoms with Gasteiger partial charge in [-0.15, -0.1) is 5.10 Å². The first-order chi connectivity index (χ1) is 11.8. The topological polar surface area (TPSA) is 65.7 Å². The van der Waals surface area contributed by atoms with Crippen LogP contribution in [0.5, 0.6) is 6.01 Å². The quantitative estimate of drug-likeness (QED) is 0.655. The summed E-state index contributed by atoms with van der Waals surface area (Å²) >= 11 is 5.64. The highest BCUT2D eigenvalue weighted by atomic mass is 35.5. The third-order valence-electron chi connectivity index (χ3n) is 3.02. The molecule has 6 nitrogen and oxygen atoms in total. The zero-order valence-electron chi connectivity index (χ0n) is 12.2. The molecule has 0 unspecified atom stereocenters. The van der Waals surface area contributed by atoms with E-state index >= 15 is 0 Å². The first kappa shape index (κ1) is 17.1. The smallest absolute Gasteiger partial charge is 0.419 e. The Morgan fingerprint density at radius 2 is 1.88 bits per heavy atom. The molecule has 25 heavy (non-hydrogen) atoms. The van der Waals surface area contributed by atoms with Crippen LogP contribution in [0.4, 0.5) is 17.6 Å². The van der Waals surface area contributed by atoms with Crippen molar-refractivity contribution in [3.63, 3.8) is 0 Å². The van der Waals surface area contributed by atoms with E-state index in [1.165, 1.54) is 18.6 Å². The lowest BCUT2D eigenvalue weighted by Gasteiger charge is -2.10. The lowest BCUT2D eigenvalue weighted by atomic mass is 10.2. The minimum Gasteiger partial charge on any atom is -0.457 e. The van der Waals surface area contributed by atoms with Crippen LogP contribution >= 0.6 is 11.6 Å². The average Bonchev–Trinajstić information content (AvgIpc) is 3.02. The second-order valence-corrected chi connectivity index (χ2v) is 5.20. The monoisotopic (exact) mass is 373 g/mol. The summed E-state index contributed by atoms with van der Waals surface area (Å²) in [6.07, 6.45) is -0.898. The molecule has 11 heteroatoms. The summed E-state index contributed by atoms with van der Waals surface area (Å²) in [6, 6.07) is 2.93. The van der Waals surface area contributed by atoms with Gasteiger partial charge in [-0.05, 0) is 12.1 Å². The molecule has 2 aromatic heterocycles. The Balaban J connectivity index is 1.79. The van der Waals surface area contributed by atoms with Gasteiger partial charge < -0.3 is 4.74 Å². The molecular weight excluding hydrogens is 366 g/mol. The number of alkyl halides is 3. The number of hydrogen-bond donors (Lipinski definition) is 0. The van der Waals surface area contributed by atoms with Crippen molar-refractivity contribution in [2.45, 2.75) is 12.8 Å². The summed E-state index contributed by atoms with van der Waals surface area (Å²) in [5, 5.41) is 7.66. The number of benzene rings is 1. The van der Waals surface area contributed by atoms with Crippen molar-refractivity contribution in [1.82, 2.24) is 25.0 Å². The normalized spacial score (nSPS) is 11.6. The number of ether oxygens (including phenoxy) is 1. The molecular formula is C14H8ClF4N5O. The van der Waals surface area contributed by atoms with Crippen molar-refractivity contribution < 1.29 is 22.3 Å². The molecule has 0 spiro atoms. The first-order valence-electron chi connectivity index (χ1n) is 6.72. The van der Waals surface area contributed by atoms with Crippen molar-refractivity contribution >= 4 is 11.6 Å². The highest BCUT2D eigenvalue weighted by Crippen LogP contribution is 2.33. The fourth-order valence-electron chi connectivity index (χ4n) is 1.91. The van der Waals surface area contributed by atoms with Crippen LogP contribution in [0.25, 0.3) is 5.69 Å². The van der Waals surface area contributed by atoms with Gasteiger partial charge in [0, 0.05) is 0 Å². The van der Waals surface area contributed by atoms with Gasteiger partial charge in [0.05, 0.1) is 29.2 Å².